The van der Waals surface area contributed by atoms with Crippen LogP contribution in [-0.4, -0.2) is 35.4 Å². The van der Waals surface area contributed by atoms with Crippen LogP contribution < -0.4 is 51.4 Å². The van der Waals surface area contributed by atoms with E-state index < -0.39 is 6.72 Å². The Balaban J connectivity index is 0.00000784. The molecule has 0 aromatic rings. The van der Waals surface area contributed by atoms with Crippen molar-refractivity contribution in [3.05, 3.63) is 36.5 Å². The number of ether oxygens (including phenoxy) is 2. The van der Waals surface area contributed by atoms with Crippen molar-refractivity contribution < 1.29 is 75.2 Å². The zero-order valence-electron chi connectivity index (χ0n) is 18.1. The SMILES string of the molecule is C/C=C/C=C/CC/C=C/CCCCCCCCC1OCC(COP(O)(O)=S)O1.[K+]. The van der Waals surface area contributed by atoms with Gasteiger partial charge >= 0.3 is 58.1 Å². The Hall–Kier alpha value is 1.31. The molecule has 0 aliphatic carbocycles. The van der Waals surface area contributed by atoms with Crippen molar-refractivity contribution in [2.24, 2.45) is 0 Å². The second-order valence-corrected chi connectivity index (χ2v) is 9.68. The van der Waals surface area contributed by atoms with Crippen molar-refractivity contribution in [2.75, 3.05) is 13.2 Å². The van der Waals surface area contributed by atoms with Crippen molar-refractivity contribution >= 4 is 18.5 Å². The van der Waals surface area contributed by atoms with Crippen LogP contribution in [-0.2, 0) is 25.8 Å². The van der Waals surface area contributed by atoms with Gasteiger partial charge in [-0.3, -0.25) is 0 Å². The maximum absolute atomic E-state index is 9.05. The minimum atomic E-state index is -3.60. The van der Waals surface area contributed by atoms with Crippen LogP contribution in [0.15, 0.2) is 36.5 Å². The molecule has 1 rings (SSSR count). The second kappa shape index (κ2) is 20.0. The monoisotopic (exact) mass is 471 g/mol. The molecule has 29 heavy (non-hydrogen) atoms. The van der Waals surface area contributed by atoms with Crippen LogP contribution >= 0.6 is 6.72 Å². The summed E-state index contributed by atoms with van der Waals surface area (Å²) in [5, 5.41) is 0. The molecular weight excluding hydrogens is 434 g/mol. The quantitative estimate of drug-likeness (QED) is 0.119. The summed E-state index contributed by atoms with van der Waals surface area (Å²) in [6, 6.07) is 0. The molecule has 0 radical (unpaired) electrons. The topological polar surface area (TPSA) is 68.2 Å². The van der Waals surface area contributed by atoms with Gasteiger partial charge in [0, 0.05) is 0 Å². The summed E-state index contributed by atoms with van der Waals surface area (Å²) in [5.74, 6) is 0. The van der Waals surface area contributed by atoms with Gasteiger partial charge in [-0.05, 0) is 57.3 Å². The van der Waals surface area contributed by atoms with Gasteiger partial charge in [0.25, 0.3) is 0 Å². The molecule has 1 heterocycles. The molecule has 1 saturated heterocycles. The van der Waals surface area contributed by atoms with E-state index in [2.05, 4.69) is 42.2 Å². The molecule has 2 atom stereocenters. The third-order valence-electron chi connectivity index (χ3n) is 4.41. The first-order chi connectivity index (χ1) is 13.5. The van der Waals surface area contributed by atoms with E-state index in [-0.39, 0.29) is 70.4 Å². The average molecular weight is 472 g/mol. The fourth-order valence-corrected chi connectivity index (χ4v) is 3.46. The van der Waals surface area contributed by atoms with Gasteiger partial charge < -0.3 is 23.8 Å². The zero-order chi connectivity index (χ0) is 20.5. The first-order valence-corrected chi connectivity index (χ1v) is 13.0. The summed E-state index contributed by atoms with van der Waals surface area (Å²) in [6.07, 6.45) is 24.2. The molecule has 1 aliphatic rings. The van der Waals surface area contributed by atoms with E-state index in [1.165, 1.54) is 38.5 Å². The Kier molecular flexibility index (Phi) is 20.9. The Labute approximate surface area is 224 Å². The Morgan fingerprint density at radius 3 is 2.34 bits per heavy atom. The molecule has 0 saturated carbocycles. The standard InChI is InChI=1S/C21H37O5PS.K/c1-2-3-4-5-6-7-8-9-10-11-12-13-14-15-16-17-21-24-18-20(26-21)19-25-27(22,23)28;/h2-5,8-9,20-21H,6-7,10-19H2,1H3,(H2,22,23,28);/q;+1/b3-2+,5-4+,9-8+;. The van der Waals surface area contributed by atoms with Gasteiger partial charge in [0.15, 0.2) is 6.29 Å². The number of unbranched alkanes of at least 4 members (excludes halogenated alkanes) is 7. The van der Waals surface area contributed by atoms with Gasteiger partial charge in [0.05, 0.1) is 13.2 Å². The molecule has 0 aromatic carbocycles. The van der Waals surface area contributed by atoms with Crippen LogP contribution in [0, 0.1) is 0 Å². The summed E-state index contributed by atoms with van der Waals surface area (Å²) in [5.41, 5.74) is 0. The Bertz CT molecular complexity index is 521. The molecule has 162 valence electrons. The molecule has 0 aromatic heterocycles. The molecule has 0 bridgehead atoms. The molecule has 1 fully saturated rings. The van der Waals surface area contributed by atoms with Gasteiger partial charge in [-0.1, -0.05) is 62.1 Å². The number of allylic oxidation sites excluding steroid dienone is 6. The predicted octanol–water partition coefficient (Wildman–Crippen LogP) is 2.55. The Morgan fingerprint density at radius 1 is 0.966 bits per heavy atom. The summed E-state index contributed by atoms with van der Waals surface area (Å²) in [4.78, 5) is 18.1. The molecule has 0 spiro atoms. The first kappa shape index (κ1) is 30.3. The van der Waals surface area contributed by atoms with E-state index in [9.17, 15) is 0 Å². The largest absolute Gasteiger partial charge is 1.00 e. The number of rotatable bonds is 16. The maximum atomic E-state index is 9.05. The van der Waals surface area contributed by atoms with Crippen LogP contribution in [0.5, 0.6) is 0 Å². The molecule has 2 N–H and O–H groups in total. The number of hydrogen-bond donors (Lipinski definition) is 2. The second-order valence-electron chi connectivity index (χ2n) is 7.01. The fraction of sp³-hybridized carbons (Fsp3) is 0.714. The van der Waals surface area contributed by atoms with Crippen molar-refractivity contribution in [3.8, 4) is 0 Å². The van der Waals surface area contributed by atoms with Gasteiger partial charge in [0.1, 0.15) is 6.10 Å². The third kappa shape index (κ3) is 19.7. The third-order valence-corrected chi connectivity index (χ3v) is 5.21. The van der Waals surface area contributed by atoms with Gasteiger partial charge in [-0.25, -0.2) is 0 Å². The van der Waals surface area contributed by atoms with E-state index in [1.807, 2.05) is 13.0 Å². The molecule has 2 unspecified atom stereocenters. The van der Waals surface area contributed by atoms with E-state index in [0.717, 1.165) is 25.7 Å². The number of hydrogen-bond acceptors (Lipinski definition) is 4. The fourth-order valence-electron chi connectivity index (χ4n) is 2.92. The summed E-state index contributed by atoms with van der Waals surface area (Å²) in [6.45, 7) is -1.09. The van der Waals surface area contributed by atoms with Crippen LogP contribution in [0.25, 0.3) is 0 Å². The van der Waals surface area contributed by atoms with E-state index in [1.54, 1.807) is 0 Å². The molecule has 5 nitrogen and oxygen atoms in total. The van der Waals surface area contributed by atoms with Crippen LogP contribution in [0.4, 0.5) is 0 Å². The van der Waals surface area contributed by atoms with Crippen LogP contribution in [0.2, 0.25) is 0 Å². The zero-order valence-corrected chi connectivity index (χ0v) is 22.9. The van der Waals surface area contributed by atoms with Crippen molar-refractivity contribution in [1.82, 2.24) is 0 Å². The van der Waals surface area contributed by atoms with Gasteiger partial charge in [-0.15, -0.1) is 0 Å². The van der Waals surface area contributed by atoms with Crippen molar-refractivity contribution in [3.63, 3.8) is 0 Å². The summed E-state index contributed by atoms with van der Waals surface area (Å²) >= 11 is 4.42. The predicted molar refractivity (Wildman–Crippen MR) is 119 cm³/mol. The average Bonchev–Trinajstić information content (AvgIpc) is 3.10. The molecular formula is C21H37KO5PS+. The summed E-state index contributed by atoms with van der Waals surface area (Å²) < 4.78 is 16.0. The molecule has 1 aliphatic heterocycles. The first-order valence-electron chi connectivity index (χ1n) is 10.4. The van der Waals surface area contributed by atoms with Gasteiger partial charge in [0.2, 0.25) is 0 Å². The maximum Gasteiger partial charge on any atom is 1.00 e. The van der Waals surface area contributed by atoms with E-state index >= 15 is 0 Å². The molecule has 8 heteroatoms. The van der Waals surface area contributed by atoms with Crippen molar-refractivity contribution in [2.45, 2.75) is 83.5 Å². The summed E-state index contributed by atoms with van der Waals surface area (Å²) in [7, 11) is 0. The van der Waals surface area contributed by atoms with E-state index in [4.69, 9.17) is 23.8 Å². The minimum absolute atomic E-state index is 0. The van der Waals surface area contributed by atoms with Crippen LogP contribution in [0.3, 0.4) is 0 Å². The van der Waals surface area contributed by atoms with Gasteiger partial charge in [-0.2, -0.15) is 0 Å². The normalized spacial score (nSPS) is 20.2. The smallest absolute Gasteiger partial charge is 0.350 e. The van der Waals surface area contributed by atoms with Crippen molar-refractivity contribution in [1.29, 1.82) is 0 Å². The Morgan fingerprint density at radius 2 is 1.62 bits per heavy atom. The molecule has 0 amide bonds. The minimum Gasteiger partial charge on any atom is -0.350 e. The van der Waals surface area contributed by atoms with Crippen LogP contribution in [0.1, 0.15) is 71.1 Å². The van der Waals surface area contributed by atoms with E-state index in [0.29, 0.717) is 6.61 Å².